The van der Waals surface area contributed by atoms with Crippen molar-refractivity contribution in [1.29, 1.82) is 0 Å². The topological polar surface area (TPSA) is 51.2 Å². The van der Waals surface area contributed by atoms with Crippen LogP contribution in [0.1, 0.15) is 10.4 Å². The molecule has 0 saturated heterocycles. The minimum absolute atomic E-state index is 0.257. The number of fused-ring (bicyclic) bond motifs is 1. The third kappa shape index (κ3) is 2.82. The molecule has 0 atom stereocenters. The highest BCUT2D eigenvalue weighted by Crippen LogP contribution is 2.29. The first kappa shape index (κ1) is 14.9. The van der Waals surface area contributed by atoms with Crippen LogP contribution in [-0.4, -0.2) is 18.0 Å². The van der Waals surface area contributed by atoms with E-state index in [9.17, 15) is 9.18 Å². The highest BCUT2D eigenvalue weighted by Gasteiger charge is 2.15. The normalized spacial score (nSPS) is 10.7. The maximum atomic E-state index is 13.6. The molecule has 0 unspecified atom stereocenters. The van der Waals surface area contributed by atoms with Crippen molar-refractivity contribution in [3.63, 3.8) is 0 Å². The number of anilines is 1. The number of para-hydroxylation sites is 1. The zero-order valence-electron chi connectivity index (χ0n) is 11.4. The number of carbonyl (C=O) groups is 1. The van der Waals surface area contributed by atoms with Crippen molar-refractivity contribution in [2.75, 3.05) is 12.4 Å². The third-order valence-corrected chi connectivity index (χ3v) is 4.64. The van der Waals surface area contributed by atoms with E-state index in [0.717, 1.165) is 0 Å². The lowest BCUT2D eigenvalue weighted by molar-refractivity contribution is 0.102. The molecule has 0 aliphatic rings. The van der Waals surface area contributed by atoms with E-state index < -0.39 is 5.82 Å². The largest absolute Gasteiger partial charge is 0.497 e. The molecule has 0 bridgehead atoms. The lowest BCUT2D eigenvalue weighted by atomic mass is 10.2. The van der Waals surface area contributed by atoms with Crippen molar-refractivity contribution >= 4 is 48.5 Å². The number of nitrogens with zero attached hydrogens (tertiary/aromatic N) is 1. The summed E-state index contributed by atoms with van der Waals surface area (Å²) in [7, 11) is 1.53. The number of amides is 1. The molecule has 1 N–H and O–H groups in total. The maximum Gasteiger partial charge on any atom is 0.258 e. The molecule has 0 fully saturated rings. The molecular formula is C15H10BrFN2O2S. The van der Waals surface area contributed by atoms with Gasteiger partial charge in [-0.1, -0.05) is 17.4 Å². The number of hydrogen-bond donors (Lipinski definition) is 1. The van der Waals surface area contributed by atoms with E-state index in [1.54, 1.807) is 30.3 Å². The van der Waals surface area contributed by atoms with Crippen LogP contribution in [0.25, 0.3) is 10.2 Å². The van der Waals surface area contributed by atoms with E-state index in [-0.39, 0.29) is 11.4 Å². The van der Waals surface area contributed by atoms with Crippen molar-refractivity contribution in [3.05, 3.63) is 52.3 Å². The summed E-state index contributed by atoms with van der Waals surface area (Å²) in [5.74, 6) is -0.175. The van der Waals surface area contributed by atoms with E-state index in [1.807, 2.05) is 0 Å². The van der Waals surface area contributed by atoms with Crippen molar-refractivity contribution in [3.8, 4) is 5.75 Å². The lowest BCUT2D eigenvalue weighted by Crippen LogP contribution is -2.12. The number of hydrogen-bond acceptors (Lipinski definition) is 4. The van der Waals surface area contributed by atoms with Crippen LogP contribution < -0.4 is 10.1 Å². The van der Waals surface area contributed by atoms with Gasteiger partial charge in [0.2, 0.25) is 0 Å². The van der Waals surface area contributed by atoms with E-state index in [2.05, 4.69) is 26.2 Å². The van der Waals surface area contributed by atoms with Gasteiger partial charge in [-0.05, 0) is 46.3 Å². The van der Waals surface area contributed by atoms with Crippen molar-refractivity contribution in [2.24, 2.45) is 0 Å². The molecule has 1 heterocycles. The van der Waals surface area contributed by atoms with Gasteiger partial charge in [0.25, 0.3) is 5.91 Å². The van der Waals surface area contributed by atoms with Gasteiger partial charge in [-0.2, -0.15) is 0 Å². The van der Waals surface area contributed by atoms with Crippen molar-refractivity contribution in [1.82, 2.24) is 4.98 Å². The predicted molar refractivity (Wildman–Crippen MR) is 88.2 cm³/mol. The van der Waals surface area contributed by atoms with Crippen LogP contribution in [0.3, 0.4) is 0 Å². The number of carbonyl (C=O) groups excluding carboxylic acids is 1. The molecule has 112 valence electrons. The molecule has 7 heteroatoms. The molecule has 0 aliphatic carbocycles. The van der Waals surface area contributed by atoms with Crippen LogP contribution in [0, 0.1) is 5.82 Å². The van der Waals surface area contributed by atoms with Crippen molar-refractivity contribution in [2.45, 2.75) is 0 Å². The molecule has 0 saturated carbocycles. The number of nitrogens with one attached hydrogen (secondary N) is 1. The lowest BCUT2D eigenvalue weighted by Gasteiger charge is -2.06. The SMILES string of the molecule is COc1ccc(Br)c(C(=O)Nc2nc3c(F)cccc3s2)c1. The van der Waals surface area contributed by atoms with Gasteiger partial charge >= 0.3 is 0 Å². The summed E-state index contributed by atoms with van der Waals surface area (Å²) < 4.78 is 20.1. The van der Waals surface area contributed by atoms with Crippen LogP contribution in [0.4, 0.5) is 9.52 Å². The Kier molecular flexibility index (Phi) is 4.08. The minimum atomic E-state index is -0.406. The van der Waals surface area contributed by atoms with E-state index in [4.69, 9.17) is 4.74 Å². The molecular weight excluding hydrogens is 371 g/mol. The van der Waals surface area contributed by atoms with Gasteiger partial charge in [0.1, 0.15) is 17.1 Å². The number of rotatable bonds is 3. The Morgan fingerprint density at radius 2 is 2.18 bits per heavy atom. The molecule has 2 aromatic carbocycles. The summed E-state index contributed by atoms with van der Waals surface area (Å²) in [6.45, 7) is 0. The number of methoxy groups -OCH3 is 1. The molecule has 0 radical (unpaired) electrons. The molecule has 0 aliphatic heterocycles. The molecule has 0 spiro atoms. The Morgan fingerprint density at radius 1 is 1.36 bits per heavy atom. The molecule has 1 amide bonds. The number of halogens is 2. The second-order valence-corrected chi connectivity index (χ2v) is 6.29. The Bertz CT molecular complexity index is 866. The number of thiazole rings is 1. The van der Waals surface area contributed by atoms with E-state index >= 15 is 0 Å². The number of benzene rings is 2. The van der Waals surface area contributed by atoms with Crippen molar-refractivity contribution < 1.29 is 13.9 Å². The first-order chi connectivity index (χ1) is 10.6. The minimum Gasteiger partial charge on any atom is -0.497 e. The standard InChI is InChI=1S/C15H10BrFN2O2S/c1-21-8-5-6-10(16)9(7-8)14(20)19-15-18-13-11(17)3-2-4-12(13)22-15/h2-7H,1H3,(H,18,19,20). The summed E-state index contributed by atoms with van der Waals surface area (Å²) in [6, 6.07) is 9.80. The maximum absolute atomic E-state index is 13.6. The molecule has 1 aromatic heterocycles. The number of ether oxygens (including phenoxy) is 1. The summed E-state index contributed by atoms with van der Waals surface area (Å²) >= 11 is 4.55. The van der Waals surface area contributed by atoms with Gasteiger partial charge in [0.15, 0.2) is 5.13 Å². The molecule has 3 aromatic rings. The smallest absolute Gasteiger partial charge is 0.258 e. The van der Waals surface area contributed by atoms with Crippen LogP contribution in [-0.2, 0) is 0 Å². The summed E-state index contributed by atoms with van der Waals surface area (Å²) in [4.78, 5) is 16.5. The first-order valence-electron chi connectivity index (χ1n) is 6.28. The highest BCUT2D eigenvalue weighted by molar-refractivity contribution is 9.10. The average Bonchev–Trinajstić information content (AvgIpc) is 2.91. The fraction of sp³-hybridized carbons (Fsp3) is 0.0667. The zero-order valence-corrected chi connectivity index (χ0v) is 13.8. The third-order valence-electron chi connectivity index (χ3n) is 3.01. The van der Waals surface area contributed by atoms with Gasteiger partial charge in [-0.25, -0.2) is 9.37 Å². The fourth-order valence-electron chi connectivity index (χ4n) is 1.94. The number of aromatic nitrogens is 1. The molecule has 3 rings (SSSR count). The summed E-state index contributed by atoms with van der Waals surface area (Å²) in [6.07, 6.45) is 0. The quantitative estimate of drug-likeness (QED) is 0.729. The first-order valence-corrected chi connectivity index (χ1v) is 7.89. The summed E-state index contributed by atoms with van der Waals surface area (Å²) in [5, 5.41) is 3.03. The van der Waals surface area contributed by atoms with Crippen LogP contribution in [0.2, 0.25) is 0 Å². The molecule has 22 heavy (non-hydrogen) atoms. The van der Waals surface area contributed by atoms with Crippen LogP contribution >= 0.6 is 27.3 Å². The Hall–Kier alpha value is -1.99. The monoisotopic (exact) mass is 380 g/mol. The van der Waals surface area contributed by atoms with Crippen LogP contribution in [0.5, 0.6) is 5.75 Å². The van der Waals surface area contributed by atoms with Gasteiger partial charge < -0.3 is 4.74 Å². The Labute approximate surface area is 138 Å². The van der Waals surface area contributed by atoms with Gasteiger partial charge in [-0.3, -0.25) is 10.1 Å². The van der Waals surface area contributed by atoms with Gasteiger partial charge in [0.05, 0.1) is 17.4 Å². The van der Waals surface area contributed by atoms with E-state index in [0.29, 0.717) is 25.6 Å². The van der Waals surface area contributed by atoms with Crippen LogP contribution in [0.15, 0.2) is 40.9 Å². The van der Waals surface area contributed by atoms with Gasteiger partial charge in [-0.15, -0.1) is 0 Å². The fourth-order valence-corrected chi connectivity index (χ4v) is 3.24. The second kappa shape index (κ2) is 6.02. The Balaban J connectivity index is 1.91. The van der Waals surface area contributed by atoms with Gasteiger partial charge in [0, 0.05) is 4.47 Å². The zero-order chi connectivity index (χ0) is 15.7. The predicted octanol–water partition coefficient (Wildman–Crippen LogP) is 4.46. The average molecular weight is 381 g/mol. The van der Waals surface area contributed by atoms with E-state index in [1.165, 1.54) is 24.5 Å². The molecule has 4 nitrogen and oxygen atoms in total. The second-order valence-electron chi connectivity index (χ2n) is 4.41. The highest BCUT2D eigenvalue weighted by atomic mass is 79.9. The Morgan fingerprint density at radius 3 is 2.91 bits per heavy atom. The summed E-state index contributed by atoms with van der Waals surface area (Å²) in [5.41, 5.74) is 0.673.